The average Bonchev–Trinajstić information content (AvgIpc) is 2.84. The van der Waals surface area contributed by atoms with Gasteiger partial charge in [-0.05, 0) is 70.8 Å². The van der Waals surface area contributed by atoms with Crippen LogP contribution in [0, 0.1) is 0 Å². The van der Waals surface area contributed by atoms with Gasteiger partial charge in [0.15, 0.2) is 5.76 Å². The van der Waals surface area contributed by atoms with Gasteiger partial charge in [-0.2, -0.15) is 0 Å². The monoisotopic (exact) mass is 582 g/mol. The van der Waals surface area contributed by atoms with E-state index in [2.05, 4.69) is 21.2 Å². The van der Waals surface area contributed by atoms with Crippen LogP contribution in [0.1, 0.15) is 18.4 Å². The molecule has 3 N–H and O–H groups in total. The summed E-state index contributed by atoms with van der Waals surface area (Å²) in [5, 5.41) is 5.90. The van der Waals surface area contributed by atoms with Gasteiger partial charge in [0, 0.05) is 17.7 Å². The molecule has 0 aliphatic heterocycles. The van der Waals surface area contributed by atoms with Crippen LogP contribution in [0.15, 0.2) is 62.2 Å². The third-order valence-corrected chi connectivity index (χ3v) is 6.50. The molecule has 9 heteroatoms. The molecule has 3 aromatic carbocycles. The molecule has 0 amide bonds. The van der Waals surface area contributed by atoms with E-state index in [1.54, 1.807) is 13.2 Å². The number of hydrogen-bond donors (Lipinski definition) is 2. The second-order valence-electron chi connectivity index (χ2n) is 7.78. The minimum absolute atomic E-state index is 0. The highest BCUT2D eigenvalue weighted by Crippen LogP contribution is 2.37. The van der Waals surface area contributed by atoms with E-state index >= 15 is 0 Å². The van der Waals surface area contributed by atoms with Crippen LogP contribution in [-0.2, 0) is 6.54 Å². The van der Waals surface area contributed by atoms with Crippen molar-refractivity contribution in [2.24, 2.45) is 5.73 Å². The Labute approximate surface area is 225 Å². The lowest BCUT2D eigenvalue weighted by molar-refractivity contribution is 0.398. The molecular formula is C26H29BrCl2N2O4. The molecular weight excluding hydrogens is 555 g/mol. The molecule has 0 fully saturated rings. The SMILES string of the molecule is COc1ccc2cc(-c3oc4c(CNCCCCN)cccc4c(=O)c3OC)ccc2c1Br.Cl.Cl. The van der Waals surface area contributed by atoms with Crippen LogP contribution >= 0.6 is 40.7 Å². The van der Waals surface area contributed by atoms with Crippen molar-refractivity contribution < 1.29 is 13.9 Å². The summed E-state index contributed by atoms with van der Waals surface area (Å²) >= 11 is 3.61. The number of rotatable bonds is 9. The fraction of sp³-hybridized carbons (Fsp3) is 0.269. The number of halogens is 3. The summed E-state index contributed by atoms with van der Waals surface area (Å²) in [5.74, 6) is 1.37. The summed E-state index contributed by atoms with van der Waals surface area (Å²) in [6, 6.07) is 15.4. The van der Waals surface area contributed by atoms with E-state index in [1.165, 1.54) is 7.11 Å². The predicted molar refractivity (Wildman–Crippen MR) is 151 cm³/mol. The maximum absolute atomic E-state index is 13.3. The molecule has 35 heavy (non-hydrogen) atoms. The maximum Gasteiger partial charge on any atom is 0.235 e. The van der Waals surface area contributed by atoms with Crippen LogP contribution in [0.3, 0.4) is 0 Å². The van der Waals surface area contributed by atoms with Gasteiger partial charge in [0.25, 0.3) is 0 Å². The van der Waals surface area contributed by atoms with Crippen LogP contribution in [0.4, 0.5) is 0 Å². The molecule has 0 unspecified atom stereocenters. The van der Waals surface area contributed by atoms with Crippen molar-refractivity contribution in [2.45, 2.75) is 19.4 Å². The van der Waals surface area contributed by atoms with Crippen LogP contribution in [-0.4, -0.2) is 27.3 Å². The quantitative estimate of drug-likeness (QED) is 0.233. The normalized spacial score (nSPS) is 10.6. The smallest absolute Gasteiger partial charge is 0.235 e. The Bertz CT molecular complexity index is 1360. The molecule has 1 heterocycles. The highest BCUT2D eigenvalue weighted by molar-refractivity contribution is 9.10. The minimum atomic E-state index is -0.185. The molecule has 0 bridgehead atoms. The summed E-state index contributed by atoms with van der Waals surface area (Å²) in [5.41, 5.74) is 7.65. The van der Waals surface area contributed by atoms with Gasteiger partial charge in [0.1, 0.15) is 11.3 Å². The molecule has 6 nitrogen and oxygen atoms in total. The summed E-state index contributed by atoms with van der Waals surface area (Å²) < 4.78 is 18.2. The molecule has 0 aliphatic rings. The summed E-state index contributed by atoms with van der Waals surface area (Å²) in [6.07, 6.45) is 1.98. The van der Waals surface area contributed by atoms with Gasteiger partial charge >= 0.3 is 0 Å². The minimum Gasteiger partial charge on any atom is -0.496 e. The van der Waals surface area contributed by atoms with E-state index in [1.807, 2.05) is 42.5 Å². The Kier molecular flexibility index (Phi) is 10.9. The van der Waals surface area contributed by atoms with Gasteiger partial charge in [-0.1, -0.05) is 30.3 Å². The highest BCUT2D eigenvalue weighted by Gasteiger charge is 2.19. The van der Waals surface area contributed by atoms with Gasteiger partial charge in [-0.15, -0.1) is 24.8 Å². The molecule has 1 aromatic heterocycles. The van der Waals surface area contributed by atoms with Gasteiger partial charge in [-0.25, -0.2) is 0 Å². The Morgan fingerprint density at radius 2 is 1.80 bits per heavy atom. The Hall–Kier alpha value is -2.29. The lowest BCUT2D eigenvalue weighted by Gasteiger charge is -2.13. The number of unbranched alkanes of at least 4 members (excludes halogenated alkanes) is 1. The zero-order valence-corrected chi connectivity index (χ0v) is 22.8. The van der Waals surface area contributed by atoms with E-state index in [9.17, 15) is 4.79 Å². The number of ether oxygens (including phenoxy) is 2. The maximum atomic E-state index is 13.3. The molecule has 0 radical (unpaired) electrons. The fourth-order valence-electron chi connectivity index (χ4n) is 3.96. The number of nitrogens with two attached hydrogens (primary N) is 1. The molecule has 0 saturated carbocycles. The highest BCUT2D eigenvalue weighted by atomic mass is 79.9. The van der Waals surface area contributed by atoms with E-state index in [-0.39, 0.29) is 36.0 Å². The summed E-state index contributed by atoms with van der Waals surface area (Å²) in [6.45, 7) is 2.13. The number of benzene rings is 3. The molecule has 0 atom stereocenters. The van der Waals surface area contributed by atoms with Gasteiger partial charge in [-0.3, -0.25) is 4.79 Å². The van der Waals surface area contributed by atoms with Crippen LogP contribution in [0.2, 0.25) is 0 Å². The van der Waals surface area contributed by atoms with Gasteiger partial charge in [0.2, 0.25) is 11.2 Å². The molecule has 0 spiro atoms. The van der Waals surface area contributed by atoms with Crippen LogP contribution in [0.5, 0.6) is 11.5 Å². The number of nitrogens with one attached hydrogen (secondary N) is 1. The first-order chi connectivity index (χ1) is 16.1. The third-order valence-electron chi connectivity index (χ3n) is 5.69. The first-order valence-electron chi connectivity index (χ1n) is 10.9. The molecule has 4 rings (SSSR count). The average molecular weight is 584 g/mol. The van der Waals surface area contributed by atoms with Crippen molar-refractivity contribution in [3.8, 4) is 22.8 Å². The van der Waals surface area contributed by atoms with Gasteiger partial charge < -0.3 is 24.9 Å². The van der Waals surface area contributed by atoms with Crippen LogP contribution in [0.25, 0.3) is 33.1 Å². The first kappa shape index (κ1) is 28.9. The van der Waals surface area contributed by atoms with Crippen LogP contribution < -0.4 is 26.0 Å². The third kappa shape index (κ3) is 5.93. The van der Waals surface area contributed by atoms with Crippen molar-refractivity contribution in [2.75, 3.05) is 27.3 Å². The lowest BCUT2D eigenvalue weighted by Crippen LogP contribution is -2.16. The first-order valence-corrected chi connectivity index (χ1v) is 11.7. The number of para-hydroxylation sites is 1. The van der Waals surface area contributed by atoms with E-state index in [4.69, 9.17) is 19.6 Å². The van der Waals surface area contributed by atoms with Crippen molar-refractivity contribution in [3.63, 3.8) is 0 Å². The van der Waals surface area contributed by atoms with E-state index in [0.29, 0.717) is 29.8 Å². The van der Waals surface area contributed by atoms with E-state index in [0.717, 1.165) is 51.5 Å². The Morgan fingerprint density at radius 1 is 1.00 bits per heavy atom. The van der Waals surface area contributed by atoms with Gasteiger partial charge in [0.05, 0.1) is 24.1 Å². The zero-order valence-electron chi connectivity index (χ0n) is 19.6. The van der Waals surface area contributed by atoms with Crippen molar-refractivity contribution in [1.29, 1.82) is 0 Å². The van der Waals surface area contributed by atoms with Crippen molar-refractivity contribution in [3.05, 3.63) is 68.8 Å². The number of hydrogen-bond acceptors (Lipinski definition) is 6. The summed E-state index contributed by atoms with van der Waals surface area (Å²) in [4.78, 5) is 13.3. The van der Waals surface area contributed by atoms with E-state index < -0.39 is 0 Å². The predicted octanol–water partition coefficient (Wildman–Crippen LogP) is 6.07. The van der Waals surface area contributed by atoms with Crippen molar-refractivity contribution >= 4 is 62.5 Å². The standard InChI is InChI=1S/C26H27BrN2O4.2ClH/c1-31-21-11-9-16-14-17(8-10-19(16)22(21)27)25-26(32-2)23(30)20-7-5-6-18(24(20)33-25)15-29-13-4-3-12-28;;/h5-11,14,29H,3-4,12-13,15,28H2,1-2H3;2*1H. The van der Waals surface area contributed by atoms with Crippen molar-refractivity contribution in [1.82, 2.24) is 5.32 Å². The topological polar surface area (TPSA) is 86.7 Å². The largest absolute Gasteiger partial charge is 0.496 e. The Balaban J connectivity index is 0.00000216. The molecule has 4 aromatic rings. The number of fused-ring (bicyclic) bond motifs is 2. The molecule has 0 aliphatic carbocycles. The summed E-state index contributed by atoms with van der Waals surface area (Å²) in [7, 11) is 3.13. The number of methoxy groups -OCH3 is 2. The lowest BCUT2D eigenvalue weighted by atomic mass is 10.0. The fourth-order valence-corrected chi connectivity index (χ4v) is 4.62. The molecule has 0 saturated heterocycles. The Morgan fingerprint density at radius 3 is 2.51 bits per heavy atom. The second kappa shape index (κ2) is 13.1. The zero-order chi connectivity index (χ0) is 23.4. The second-order valence-corrected chi connectivity index (χ2v) is 8.57. The molecule has 188 valence electrons.